The lowest BCUT2D eigenvalue weighted by Gasteiger charge is -2.38. The number of ether oxygens (including phenoxy) is 1. The summed E-state index contributed by atoms with van der Waals surface area (Å²) in [5.74, 6) is -0.0877. The Morgan fingerprint density at radius 2 is 1.89 bits per heavy atom. The van der Waals surface area contributed by atoms with E-state index in [-0.39, 0.29) is 11.9 Å². The number of hydrogen-bond donors (Lipinski definition) is 1. The smallest absolute Gasteiger partial charge is 0.308 e. The number of esters is 1. The van der Waals surface area contributed by atoms with Gasteiger partial charge in [0.2, 0.25) is 0 Å². The second-order valence-corrected chi connectivity index (χ2v) is 6.04. The first-order valence-electron chi connectivity index (χ1n) is 7.71. The lowest BCUT2D eigenvalue weighted by atomic mass is 9.78. The van der Waals surface area contributed by atoms with Gasteiger partial charge in [-0.1, -0.05) is 6.92 Å². The Kier molecular flexibility index (Phi) is 4.85. The highest BCUT2D eigenvalue weighted by Gasteiger charge is 2.40. The predicted octanol–water partition coefficient (Wildman–Crippen LogP) is 1.96. The van der Waals surface area contributed by atoms with Crippen molar-refractivity contribution in [1.82, 2.24) is 4.90 Å². The molecule has 0 radical (unpaired) electrons. The molecule has 4 nitrogen and oxygen atoms in total. The summed E-state index contributed by atoms with van der Waals surface area (Å²) in [4.78, 5) is 14.1. The number of hydrogen-bond acceptors (Lipinski definition) is 4. The van der Waals surface area contributed by atoms with Crippen molar-refractivity contribution < 1.29 is 14.6 Å². The van der Waals surface area contributed by atoms with E-state index < -0.39 is 5.60 Å². The zero-order chi connectivity index (χ0) is 13.9. The molecule has 2 aliphatic rings. The van der Waals surface area contributed by atoms with Gasteiger partial charge in [-0.05, 0) is 52.0 Å². The van der Waals surface area contributed by atoms with Crippen molar-refractivity contribution in [3.63, 3.8) is 0 Å². The number of carbonyl (C=O) groups is 1. The second kappa shape index (κ2) is 6.23. The maximum Gasteiger partial charge on any atom is 0.308 e. The first kappa shape index (κ1) is 14.8. The molecule has 4 heteroatoms. The zero-order valence-electron chi connectivity index (χ0n) is 12.2. The minimum absolute atomic E-state index is 0.00349. The number of carbonyl (C=O) groups excluding carboxylic acids is 1. The molecule has 0 spiro atoms. The minimum Gasteiger partial charge on any atom is -0.466 e. The van der Waals surface area contributed by atoms with Crippen LogP contribution in [0.25, 0.3) is 0 Å². The highest BCUT2D eigenvalue weighted by Crippen LogP contribution is 2.36. The third-order valence-electron chi connectivity index (χ3n) is 4.50. The van der Waals surface area contributed by atoms with Crippen LogP contribution in [-0.2, 0) is 9.53 Å². The first-order chi connectivity index (χ1) is 9.08. The average Bonchev–Trinajstić information content (AvgIpc) is 3.21. The Balaban J connectivity index is 1.81. The van der Waals surface area contributed by atoms with Gasteiger partial charge in [0.25, 0.3) is 0 Å². The standard InChI is InChI=1S/C15H27NO3/c1-3-16(13-5-6-13)11-15(18)9-7-12(8-10-15)14(17)19-4-2/h12-13,18H,3-11H2,1-2H3. The van der Waals surface area contributed by atoms with E-state index in [1.54, 1.807) is 0 Å². The van der Waals surface area contributed by atoms with E-state index in [0.29, 0.717) is 12.6 Å². The van der Waals surface area contributed by atoms with Crippen LogP contribution in [-0.4, -0.2) is 47.3 Å². The maximum absolute atomic E-state index is 11.7. The van der Waals surface area contributed by atoms with Gasteiger partial charge in [-0.3, -0.25) is 9.69 Å². The van der Waals surface area contributed by atoms with Gasteiger partial charge in [0.05, 0.1) is 18.1 Å². The highest BCUT2D eigenvalue weighted by molar-refractivity contribution is 5.72. The highest BCUT2D eigenvalue weighted by atomic mass is 16.5. The fraction of sp³-hybridized carbons (Fsp3) is 0.933. The van der Waals surface area contributed by atoms with Crippen molar-refractivity contribution in [3.05, 3.63) is 0 Å². The summed E-state index contributed by atoms with van der Waals surface area (Å²) in [5, 5.41) is 10.7. The van der Waals surface area contributed by atoms with Crippen LogP contribution >= 0.6 is 0 Å². The molecule has 2 fully saturated rings. The van der Waals surface area contributed by atoms with Gasteiger partial charge in [0.1, 0.15) is 0 Å². The van der Waals surface area contributed by atoms with Gasteiger partial charge in [-0.25, -0.2) is 0 Å². The quantitative estimate of drug-likeness (QED) is 0.749. The van der Waals surface area contributed by atoms with Crippen LogP contribution in [0.15, 0.2) is 0 Å². The normalized spacial score (nSPS) is 31.5. The third-order valence-corrected chi connectivity index (χ3v) is 4.50. The van der Waals surface area contributed by atoms with Crippen molar-refractivity contribution in [1.29, 1.82) is 0 Å². The van der Waals surface area contributed by atoms with Gasteiger partial charge in [-0.15, -0.1) is 0 Å². The number of rotatable bonds is 6. The minimum atomic E-state index is -0.596. The van der Waals surface area contributed by atoms with E-state index in [2.05, 4.69) is 11.8 Å². The molecule has 0 aromatic carbocycles. The van der Waals surface area contributed by atoms with E-state index in [9.17, 15) is 9.90 Å². The molecular weight excluding hydrogens is 242 g/mol. The Morgan fingerprint density at radius 1 is 1.26 bits per heavy atom. The fourth-order valence-corrected chi connectivity index (χ4v) is 3.13. The molecule has 0 saturated heterocycles. The van der Waals surface area contributed by atoms with E-state index in [0.717, 1.165) is 38.8 Å². The summed E-state index contributed by atoms with van der Waals surface area (Å²) >= 11 is 0. The van der Waals surface area contributed by atoms with Crippen LogP contribution in [0.5, 0.6) is 0 Å². The van der Waals surface area contributed by atoms with Gasteiger partial charge >= 0.3 is 5.97 Å². The van der Waals surface area contributed by atoms with Crippen molar-refractivity contribution in [3.8, 4) is 0 Å². The van der Waals surface area contributed by atoms with Gasteiger partial charge in [-0.2, -0.15) is 0 Å². The molecule has 0 bridgehead atoms. The van der Waals surface area contributed by atoms with Crippen molar-refractivity contribution in [2.24, 2.45) is 5.92 Å². The predicted molar refractivity (Wildman–Crippen MR) is 73.8 cm³/mol. The van der Waals surface area contributed by atoms with Crippen LogP contribution in [0.4, 0.5) is 0 Å². The third kappa shape index (κ3) is 3.93. The Hall–Kier alpha value is -0.610. The Bertz CT molecular complexity index is 307. The van der Waals surface area contributed by atoms with Gasteiger partial charge < -0.3 is 9.84 Å². The number of nitrogens with zero attached hydrogens (tertiary/aromatic N) is 1. The topological polar surface area (TPSA) is 49.8 Å². The van der Waals surface area contributed by atoms with Crippen molar-refractivity contribution in [2.75, 3.05) is 19.7 Å². The van der Waals surface area contributed by atoms with E-state index >= 15 is 0 Å². The molecule has 0 aromatic rings. The number of aliphatic hydroxyl groups is 1. The molecule has 2 rings (SSSR count). The monoisotopic (exact) mass is 269 g/mol. The van der Waals surface area contributed by atoms with Crippen molar-refractivity contribution >= 4 is 5.97 Å². The molecule has 0 unspecified atom stereocenters. The fourth-order valence-electron chi connectivity index (χ4n) is 3.13. The van der Waals surface area contributed by atoms with E-state index in [1.165, 1.54) is 12.8 Å². The summed E-state index contributed by atoms with van der Waals surface area (Å²) in [6.45, 7) is 6.22. The lowest BCUT2D eigenvalue weighted by Crippen LogP contribution is -2.47. The molecule has 2 saturated carbocycles. The lowest BCUT2D eigenvalue weighted by molar-refractivity contribution is -0.151. The van der Waals surface area contributed by atoms with Crippen LogP contribution in [0.3, 0.4) is 0 Å². The molecule has 110 valence electrons. The molecule has 19 heavy (non-hydrogen) atoms. The van der Waals surface area contributed by atoms with Crippen LogP contribution in [0.2, 0.25) is 0 Å². The molecule has 0 aromatic heterocycles. The SMILES string of the molecule is CCOC(=O)C1CCC(O)(CN(CC)C2CC2)CC1. The molecular formula is C15H27NO3. The second-order valence-electron chi connectivity index (χ2n) is 6.04. The Morgan fingerprint density at radius 3 is 2.37 bits per heavy atom. The average molecular weight is 269 g/mol. The largest absolute Gasteiger partial charge is 0.466 e. The molecule has 0 aliphatic heterocycles. The summed E-state index contributed by atoms with van der Waals surface area (Å²) in [7, 11) is 0. The number of likely N-dealkylation sites (N-methyl/N-ethyl adjacent to an activating group) is 1. The molecule has 1 N–H and O–H groups in total. The van der Waals surface area contributed by atoms with Gasteiger partial charge in [0, 0.05) is 12.6 Å². The summed E-state index contributed by atoms with van der Waals surface area (Å²) in [6, 6.07) is 0.691. The maximum atomic E-state index is 11.7. The Labute approximate surface area is 116 Å². The van der Waals surface area contributed by atoms with Crippen molar-refractivity contribution in [2.45, 2.75) is 64.0 Å². The van der Waals surface area contributed by atoms with E-state index in [1.807, 2.05) is 6.92 Å². The molecule has 0 heterocycles. The molecule has 0 atom stereocenters. The first-order valence-corrected chi connectivity index (χ1v) is 7.71. The zero-order valence-corrected chi connectivity index (χ0v) is 12.2. The van der Waals surface area contributed by atoms with Crippen LogP contribution in [0, 0.1) is 5.92 Å². The molecule has 2 aliphatic carbocycles. The summed E-state index contributed by atoms with van der Waals surface area (Å²) in [6.07, 6.45) is 5.51. The van der Waals surface area contributed by atoms with Gasteiger partial charge in [0.15, 0.2) is 0 Å². The molecule has 0 amide bonds. The van der Waals surface area contributed by atoms with Crippen LogP contribution < -0.4 is 0 Å². The van der Waals surface area contributed by atoms with Crippen LogP contribution in [0.1, 0.15) is 52.4 Å². The summed E-state index contributed by atoms with van der Waals surface area (Å²) < 4.78 is 5.07. The summed E-state index contributed by atoms with van der Waals surface area (Å²) in [5.41, 5.74) is -0.596. The van der Waals surface area contributed by atoms with E-state index in [4.69, 9.17) is 4.74 Å².